The molecule has 0 spiro atoms. The van der Waals surface area contributed by atoms with Gasteiger partial charge in [-0.25, -0.2) is 13.1 Å². The fraction of sp³-hybridized carbons (Fsp3) is 0.400. The SMILES string of the molecule is O=S(=O)(NCCCOc1ccccc1)C(F)(F)F. The standard InChI is InChI=1S/C10H12F3NO3S/c11-10(12,13)18(15,16)14-7-4-8-17-9-5-2-1-3-6-9/h1-3,5-6,14H,4,7-8H2. The van der Waals surface area contributed by atoms with E-state index in [9.17, 15) is 21.6 Å². The molecule has 0 aromatic heterocycles. The highest BCUT2D eigenvalue weighted by Gasteiger charge is 2.45. The largest absolute Gasteiger partial charge is 0.511 e. The molecule has 0 saturated heterocycles. The van der Waals surface area contributed by atoms with Gasteiger partial charge in [0, 0.05) is 6.54 Å². The minimum Gasteiger partial charge on any atom is -0.494 e. The first-order chi connectivity index (χ1) is 8.33. The van der Waals surface area contributed by atoms with E-state index in [1.165, 1.54) is 4.72 Å². The van der Waals surface area contributed by atoms with Crippen LogP contribution in [0.25, 0.3) is 0 Å². The topological polar surface area (TPSA) is 55.4 Å². The Morgan fingerprint density at radius 3 is 2.33 bits per heavy atom. The maximum absolute atomic E-state index is 11.9. The summed E-state index contributed by atoms with van der Waals surface area (Å²) >= 11 is 0. The van der Waals surface area contributed by atoms with Crippen LogP contribution in [0.15, 0.2) is 30.3 Å². The second-order valence-electron chi connectivity index (χ2n) is 3.36. The van der Waals surface area contributed by atoms with Crippen LogP contribution < -0.4 is 9.46 Å². The van der Waals surface area contributed by atoms with Crippen LogP contribution in [-0.2, 0) is 10.0 Å². The Balaban J connectivity index is 2.24. The summed E-state index contributed by atoms with van der Waals surface area (Å²) in [5.41, 5.74) is -5.27. The molecular formula is C10H12F3NO3S. The van der Waals surface area contributed by atoms with Crippen molar-refractivity contribution in [3.8, 4) is 5.75 Å². The Morgan fingerprint density at radius 1 is 1.17 bits per heavy atom. The molecule has 0 aliphatic rings. The molecule has 8 heteroatoms. The van der Waals surface area contributed by atoms with Crippen LogP contribution in [0.3, 0.4) is 0 Å². The van der Waals surface area contributed by atoms with E-state index < -0.39 is 15.5 Å². The lowest BCUT2D eigenvalue weighted by Crippen LogP contribution is -2.37. The number of rotatable bonds is 6. The van der Waals surface area contributed by atoms with Gasteiger partial charge < -0.3 is 4.74 Å². The molecule has 0 saturated carbocycles. The molecule has 1 aromatic carbocycles. The second kappa shape index (κ2) is 6.05. The summed E-state index contributed by atoms with van der Waals surface area (Å²) < 4.78 is 63.6. The van der Waals surface area contributed by atoms with Crippen molar-refractivity contribution in [3.05, 3.63) is 30.3 Å². The molecule has 18 heavy (non-hydrogen) atoms. The molecule has 0 unspecified atom stereocenters. The van der Waals surface area contributed by atoms with Crippen molar-refractivity contribution in [2.75, 3.05) is 13.2 Å². The van der Waals surface area contributed by atoms with Crippen molar-refractivity contribution in [2.45, 2.75) is 11.9 Å². The maximum atomic E-state index is 11.9. The minimum atomic E-state index is -5.27. The van der Waals surface area contributed by atoms with Crippen LogP contribution in [0.5, 0.6) is 5.75 Å². The van der Waals surface area contributed by atoms with Gasteiger partial charge in [0.1, 0.15) is 5.75 Å². The fourth-order valence-corrected chi connectivity index (χ4v) is 1.64. The third kappa shape index (κ3) is 4.53. The number of benzene rings is 1. The van der Waals surface area contributed by atoms with Gasteiger partial charge in [-0.3, -0.25) is 0 Å². The van der Waals surface area contributed by atoms with Gasteiger partial charge >= 0.3 is 15.5 Å². The summed E-state index contributed by atoms with van der Waals surface area (Å²) in [5, 5.41) is 0. The zero-order chi connectivity index (χ0) is 13.6. The average Bonchev–Trinajstić information content (AvgIpc) is 2.28. The Hall–Kier alpha value is -1.28. The van der Waals surface area contributed by atoms with Crippen LogP contribution >= 0.6 is 0 Å². The van der Waals surface area contributed by atoms with Crippen molar-refractivity contribution in [3.63, 3.8) is 0 Å². The maximum Gasteiger partial charge on any atom is 0.511 e. The van der Waals surface area contributed by atoms with Crippen molar-refractivity contribution < 1.29 is 26.3 Å². The summed E-state index contributed by atoms with van der Waals surface area (Å²) in [4.78, 5) is 0. The van der Waals surface area contributed by atoms with Crippen LogP contribution in [0.1, 0.15) is 6.42 Å². The Labute approximate surface area is 103 Å². The number of alkyl halides is 3. The molecule has 1 aromatic rings. The molecule has 0 aliphatic heterocycles. The fourth-order valence-electron chi connectivity index (χ4n) is 1.07. The number of hydrogen-bond acceptors (Lipinski definition) is 3. The normalized spacial score (nSPS) is 12.4. The van der Waals surface area contributed by atoms with Gasteiger partial charge in [0.15, 0.2) is 0 Å². The molecule has 102 valence electrons. The van der Waals surface area contributed by atoms with Gasteiger partial charge in [-0.2, -0.15) is 13.2 Å². The summed E-state index contributed by atoms with van der Waals surface area (Å²) in [7, 11) is -5.25. The predicted octanol–water partition coefficient (Wildman–Crippen LogP) is 1.89. The van der Waals surface area contributed by atoms with Crippen molar-refractivity contribution in [1.82, 2.24) is 4.72 Å². The zero-order valence-electron chi connectivity index (χ0n) is 9.27. The lowest BCUT2D eigenvalue weighted by Gasteiger charge is -2.09. The van der Waals surface area contributed by atoms with Gasteiger partial charge in [0.25, 0.3) is 0 Å². The quantitative estimate of drug-likeness (QED) is 0.811. The van der Waals surface area contributed by atoms with E-state index in [4.69, 9.17) is 4.74 Å². The van der Waals surface area contributed by atoms with E-state index in [2.05, 4.69) is 0 Å². The zero-order valence-corrected chi connectivity index (χ0v) is 10.1. The highest BCUT2D eigenvalue weighted by Crippen LogP contribution is 2.21. The summed E-state index contributed by atoms with van der Waals surface area (Å²) in [6.45, 7) is -0.195. The van der Waals surface area contributed by atoms with Crippen LogP contribution in [0.2, 0.25) is 0 Å². The summed E-state index contributed by atoms with van der Waals surface area (Å²) in [5.74, 6) is 0.580. The number of halogens is 3. The number of nitrogens with one attached hydrogen (secondary N) is 1. The molecule has 4 nitrogen and oxygen atoms in total. The Morgan fingerprint density at radius 2 is 1.78 bits per heavy atom. The van der Waals surface area contributed by atoms with Gasteiger partial charge in [-0.1, -0.05) is 18.2 Å². The predicted molar refractivity (Wildman–Crippen MR) is 59.5 cm³/mol. The Kier molecular flexibility index (Phi) is 4.97. The smallest absolute Gasteiger partial charge is 0.494 e. The molecule has 1 rings (SSSR count). The van der Waals surface area contributed by atoms with Gasteiger partial charge in [-0.15, -0.1) is 0 Å². The van der Waals surface area contributed by atoms with E-state index in [1.807, 2.05) is 0 Å². The van der Waals surface area contributed by atoms with E-state index in [-0.39, 0.29) is 19.6 Å². The van der Waals surface area contributed by atoms with E-state index in [1.54, 1.807) is 30.3 Å². The number of ether oxygens (including phenoxy) is 1. The van der Waals surface area contributed by atoms with Gasteiger partial charge in [-0.05, 0) is 18.6 Å². The number of hydrogen-bond donors (Lipinski definition) is 1. The first kappa shape index (κ1) is 14.8. The lowest BCUT2D eigenvalue weighted by molar-refractivity contribution is -0.0447. The van der Waals surface area contributed by atoms with Crippen LogP contribution in [-0.4, -0.2) is 27.1 Å². The molecule has 0 amide bonds. The van der Waals surface area contributed by atoms with Gasteiger partial charge in [0.05, 0.1) is 6.61 Å². The monoisotopic (exact) mass is 283 g/mol. The summed E-state index contributed by atoms with van der Waals surface area (Å²) in [6.07, 6.45) is 0.143. The highest BCUT2D eigenvalue weighted by molar-refractivity contribution is 7.90. The average molecular weight is 283 g/mol. The first-order valence-electron chi connectivity index (χ1n) is 5.07. The van der Waals surface area contributed by atoms with Gasteiger partial charge in [0.2, 0.25) is 0 Å². The second-order valence-corrected chi connectivity index (χ2v) is 5.12. The third-order valence-corrected chi connectivity index (χ3v) is 3.12. The van der Waals surface area contributed by atoms with Crippen molar-refractivity contribution in [2.24, 2.45) is 0 Å². The molecule has 0 atom stereocenters. The minimum absolute atomic E-state index is 0.129. The van der Waals surface area contributed by atoms with Crippen LogP contribution in [0.4, 0.5) is 13.2 Å². The molecule has 0 heterocycles. The van der Waals surface area contributed by atoms with Crippen molar-refractivity contribution in [1.29, 1.82) is 0 Å². The molecule has 1 N–H and O–H groups in total. The van der Waals surface area contributed by atoms with E-state index in [0.29, 0.717) is 5.75 Å². The molecule has 0 fully saturated rings. The number of sulfonamides is 1. The molecule has 0 radical (unpaired) electrons. The molecule has 0 aliphatic carbocycles. The third-order valence-electron chi connectivity index (χ3n) is 1.93. The lowest BCUT2D eigenvalue weighted by atomic mass is 10.3. The van der Waals surface area contributed by atoms with Crippen LogP contribution in [0, 0.1) is 0 Å². The van der Waals surface area contributed by atoms with E-state index in [0.717, 1.165) is 0 Å². The highest BCUT2D eigenvalue weighted by atomic mass is 32.2. The first-order valence-corrected chi connectivity index (χ1v) is 6.55. The Bertz CT molecular complexity index is 459. The summed E-state index contributed by atoms with van der Waals surface area (Å²) in [6, 6.07) is 8.69. The molecule has 0 bridgehead atoms. The molecular weight excluding hydrogens is 271 g/mol. The van der Waals surface area contributed by atoms with Crippen molar-refractivity contribution >= 4 is 10.0 Å². The van der Waals surface area contributed by atoms with E-state index >= 15 is 0 Å². The number of para-hydroxylation sites is 1.